The first-order valence-corrected chi connectivity index (χ1v) is 7.25. The van der Waals surface area contributed by atoms with Crippen molar-refractivity contribution in [2.75, 3.05) is 10.6 Å². The number of nitrogens with zero attached hydrogens (tertiary/aromatic N) is 2. The Morgan fingerprint density at radius 1 is 1.19 bits per heavy atom. The van der Waals surface area contributed by atoms with Gasteiger partial charge in [-0.25, -0.2) is 0 Å². The van der Waals surface area contributed by atoms with Gasteiger partial charge in [0, 0.05) is 30.0 Å². The number of nitrogens with one attached hydrogen (secondary N) is 2. The van der Waals surface area contributed by atoms with Crippen LogP contribution in [0.4, 0.5) is 11.4 Å². The van der Waals surface area contributed by atoms with Gasteiger partial charge in [-0.2, -0.15) is 5.10 Å². The molecule has 2 N–H and O–H groups in total. The van der Waals surface area contributed by atoms with Crippen molar-refractivity contribution < 1.29 is 4.79 Å². The van der Waals surface area contributed by atoms with Crippen LogP contribution < -0.4 is 10.6 Å². The Hall–Kier alpha value is -2.30. The van der Waals surface area contributed by atoms with Crippen LogP contribution in [0.3, 0.4) is 0 Å². The summed E-state index contributed by atoms with van der Waals surface area (Å²) >= 11 is 0. The fourth-order valence-corrected chi connectivity index (χ4v) is 1.95. The lowest BCUT2D eigenvalue weighted by molar-refractivity contribution is -0.118. The standard InChI is InChI=1S/C16H22N4O/c1-4-20-15(9-10-18-20)11-17-13-5-7-14(8-6-13)19-16(21)12(2)3/h5-10,12,17H,4,11H2,1-3H3,(H,19,21). The van der Waals surface area contributed by atoms with Crippen LogP contribution in [0.5, 0.6) is 0 Å². The largest absolute Gasteiger partial charge is 0.379 e. The highest BCUT2D eigenvalue weighted by atomic mass is 16.1. The Kier molecular flexibility index (Phi) is 4.98. The Morgan fingerprint density at radius 2 is 1.86 bits per heavy atom. The third-order valence-corrected chi connectivity index (χ3v) is 3.25. The zero-order valence-electron chi connectivity index (χ0n) is 12.8. The maximum atomic E-state index is 11.6. The van der Waals surface area contributed by atoms with Crippen LogP contribution in [0.2, 0.25) is 0 Å². The Morgan fingerprint density at radius 3 is 2.48 bits per heavy atom. The van der Waals surface area contributed by atoms with E-state index >= 15 is 0 Å². The minimum absolute atomic E-state index is 0.0165. The second kappa shape index (κ2) is 6.92. The molecule has 5 heteroatoms. The van der Waals surface area contributed by atoms with Crippen LogP contribution in [-0.2, 0) is 17.9 Å². The molecule has 112 valence electrons. The van der Waals surface area contributed by atoms with E-state index in [1.807, 2.05) is 55.1 Å². The summed E-state index contributed by atoms with van der Waals surface area (Å²) in [6, 6.07) is 9.73. The number of carbonyl (C=O) groups excluding carboxylic acids is 1. The zero-order chi connectivity index (χ0) is 15.2. The zero-order valence-corrected chi connectivity index (χ0v) is 12.8. The van der Waals surface area contributed by atoms with Crippen molar-refractivity contribution in [2.45, 2.75) is 33.9 Å². The van der Waals surface area contributed by atoms with Crippen molar-refractivity contribution in [3.05, 3.63) is 42.2 Å². The van der Waals surface area contributed by atoms with Crippen molar-refractivity contribution in [3.63, 3.8) is 0 Å². The number of benzene rings is 1. The predicted molar refractivity (Wildman–Crippen MR) is 85.1 cm³/mol. The fraction of sp³-hybridized carbons (Fsp3) is 0.375. The summed E-state index contributed by atoms with van der Waals surface area (Å²) in [6.07, 6.45) is 1.81. The molecule has 0 atom stereocenters. The van der Waals surface area contributed by atoms with Gasteiger partial charge in [0.05, 0.1) is 12.2 Å². The average Bonchev–Trinajstić information content (AvgIpc) is 2.94. The van der Waals surface area contributed by atoms with Crippen LogP contribution >= 0.6 is 0 Å². The van der Waals surface area contributed by atoms with Crippen LogP contribution in [0.1, 0.15) is 26.5 Å². The van der Waals surface area contributed by atoms with E-state index in [1.165, 1.54) is 0 Å². The molecular weight excluding hydrogens is 264 g/mol. The van der Waals surface area contributed by atoms with E-state index < -0.39 is 0 Å². The van der Waals surface area contributed by atoms with E-state index in [9.17, 15) is 4.79 Å². The van der Waals surface area contributed by atoms with E-state index in [1.54, 1.807) is 0 Å². The molecule has 0 aliphatic carbocycles. The second-order valence-electron chi connectivity index (χ2n) is 5.21. The van der Waals surface area contributed by atoms with E-state index in [2.05, 4.69) is 22.7 Å². The fourth-order valence-electron chi connectivity index (χ4n) is 1.95. The molecule has 0 unspecified atom stereocenters. The summed E-state index contributed by atoms with van der Waals surface area (Å²) < 4.78 is 1.96. The third kappa shape index (κ3) is 4.08. The van der Waals surface area contributed by atoms with Crippen molar-refractivity contribution in [1.29, 1.82) is 0 Å². The van der Waals surface area contributed by atoms with Crippen LogP contribution in [0.25, 0.3) is 0 Å². The first kappa shape index (κ1) is 15.1. The highest BCUT2D eigenvalue weighted by Gasteiger charge is 2.06. The molecule has 1 aromatic carbocycles. The van der Waals surface area contributed by atoms with Gasteiger partial charge in [0.15, 0.2) is 0 Å². The lowest BCUT2D eigenvalue weighted by atomic mass is 10.2. The van der Waals surface area contributed by atoms with E-state index in [0.717, 1.165) is 30.2 Å². The van der Waals surface area contributed by atoms with Gasteiger partial charge in [0.1, 0.15) is 0 Å². The van der Waals surface area contributed by atoms with Gasteiger partial charge in [-0.15, -0.1) is 0 Å². The van der Waals surface area contributed by atoms with Gasteiger partial charge in [0.2, 0.25) is 5.91 Å². The maximum Gasteiger partial charge on any atom is 0.226 e. The molecular formula is C16H22N4O. The number of aryl methyl sites for hydroxylation is 1. The summed E-state index contributed by atoms with van der Waals surface area (Å²) in [6.45, 7) is 7.42. The van der Waals surface area contributed by atoms with Gasteiger partial charge in [-0.05, 0) is 37.3 Å². The van der Waals surface area contributed by atoms with Gasteiger partial charge in [-0.3, -0.25) is 9.48 Å². The summed E-state index contributed by atoms with van der Waals surface area (Å²) in [5.74, 6) is 0.0136. The Balaban J connectivity index is 1.92. The Labute approximate surface area is 125 Å². The molecule has 1 heterocycles. The van der Waals surface area contributed by atoms with Crippen molar-refractivity contribution >= 4 is 17.3 Å². The van der Waals surface area contributed by atoms with Crippen LogP contribution in [0, 0.1) is 5.92 Å². The number of rotatable bonds is 6. The lowest BCUT2D eigenvalue weighted by Crippen LogP contribution is -2.17. The molecule has 1 aromatic heterocycles. The van der Waals surface area contributed by atoms with E-state index in [0.29, 0.717) is 0 Å². The SMILES string of the molecule is CCn1nccc1CNc1ccc(NC(=O)C(C)C)cc1. The van der Waals surface area contributed by atoms with Crippen LogP contribution in [0.15, 0.2) is 36.5 Å². The number of aromatic nitrogens is 2. The number of hydrogen-bond acceptors (Lipinski definition) is 3. The smallest absolute Gasteiger partial charge is 0.226 e. The normalized spacial score (nSPS) is 10.7. The topological polar surface area (TPSA) is 59.0 Å². The average molecular weight is 286 g/mol. The predicted octanol–water partition coefficient (Wildman–Crippen LogP) is 3.11. The van der Waals surface area contributed by atoms with Crippen molar-refractivity contribution in [1.82, 2.24) is 9.78 Å². The van der Waals surface area contributed by atoms with Crippen molar-refractivity contribution in [3.8, 4) is 0 Å². The third-order valence-electron chi connectivity index (χ3n) is 3.25. The van der Waals surface area contributed by atoms with Crippen molar-refractivity contribution in [2.24, 2.45) is 5.92 Å². The molecule has 0 bridgehead atoms. The maximum absolute atomic E-state index is 11.6. The first-order valence-electron chi connectivity index (χ1n) is 7.25. The van der Waals surface area contributed by atoms with Gasteiger partial charge >= 0.3 is 0 Å². The summed E-state index contributed by atoms with van der Waals surface area (Å²) in [4.78, 5) is 11.6. The minimum Gasteiger partial charge on any atom is -0.379 e. The minimum atomic E-state index is -0.0165. The molecule has 21 heavy (non-hydrogen) atoms. The quantitative estimate of drug-likeness (QED) is 0.858. The van der Waals surface area contributed by atoms with Gasteiger partial charge in [-0.1, -0.05) is 13.8 Å². The number of carbonyl (C=O) groups is 1. The molecule has 0 spiro atoms. The molecule has 0 aliphatic rings. The number of anilines is 2. The second-order valence-corrected chi connectivity index (χ2v) is 5.21. The number of amides is 1. The summed E-state index contributed by atoms with van der Waals surface area (Å²) in [5, 5.41) is 10.5. The molecule has 1 amide bonds. The first-order chi connectivity index (χ1) is 10.1. The highest BCUT2D eigenvalue weighted by Crippen LogP contribution is 2.15. The molecule has 2 aromatic rings. The van der Waals surface area contributed by atoms with Gasteiger partial charge < -0.3 is 10.6 Å². The molecule has 0 saturated heterocycles. The summed E-state index contributed by atoms with van der Waals surface area (Å²) in [5.41, 5.74) is 2.98. The highest BCUT2D eigenvalue weighted by molar-refractivity contribution is 5.92. The molecule has 0 radical (unpaired) electrons. The molecule has 0 fully saturated rings. The van der Waals surface area contributed by atoms with Gasteiger partial charge in [0.25, 0.3) is 0 Å². The molecule has 5 nitrogen and oxygen atoms in total. The van der Waals surface area contributed by atoms with Crippen LogP contribution in [-0.4, -0.2) is 15.7 Å². The molecule has 2 rings (SSSR count). The van der Waals surface area contributed by atoms with E-state index in [-0.39, 0.29) is 11.8 Å². The lowest BCUT2D eigenvalue weighted by Gasteiger charge is -2.10. The molecule has 0 saturated carbocycles. The van der Waals surface area contributed by atoms with E-state index in [4.69, 9.17) is 0 Å². The number of hydrogen-bond donors (Lipinski definition) is 2. The monoisotopic (exact) mass is 286 g/mol. The Bertz CT molecular complexity index is 587. The molecule has 0 aliphatic heterocycles. The summed E-state index contributed by atoms with van der Waals surface area (Å²) in [7, 11) is 0.